The van der Waals surface area contributed by atoms with Crippen LogP contribution in [-0.4, -0.2) is 25.7 Å². The number of benzene rings is 1. The summed E-state index contributed by atoms with van der Waals surface area (Å²) in [5.74, 6) is -0.00504. The average molecular weight is 345 g/mol. The van der Waals surface area contributed by atoms with Crippen LogP contribution in [0.15, 0.2) is 24.3 Å². The molecule has 1 aromatic carbocycles. The van der Waals surface area contributed by atoms with Crippen molar-refractivity contribution >= 4 is 18.3 Å². The van der Waals surface area contributed by atoms with Crippen LogP contribution < -0.4 is 11.1 Å². The van der Waals surface area contributed by atoms with Crippen LogP contribution in [0.1, 0.15) is 43.7 Å². The van der Waals surface area contributed by atoms with Crippen molar-refractivity contribution in [3.8, 4) is 0 Å². The molecule has 2 atom stereocenters. The first-order valence-corrected chi connectivity index (χ1v) is 7.91. The fraction of sp³-hybridized carbons (Fsp3) is 0.588. The Morgan fingerprint density at radius 2 is 2.13 bits per heavy atom. The summed E-state index contributed by atoms with van der Waals surface area (Å²) < 4.78 is 18.7. The van der Waals surface area contributed by atoms with E-state index in [9.17, 15) is 9.18 Å². The van der Waals surface area contributed by atoms with Gasteiger partial charge in [0.25, 0.3) is 0 Å². The summed E-state index contributed by atoms with van der Waals surface area (Å²) in [4.78, 5) is 12.3. The van der Waals surface area contributed by atoms with E-state index in [1.165, 1.54) is 12.1 Å². The molecule has 0 aliphatic heterocycles. The van der Waals surface area contributed by atoms with E-state index < -0.39 is 0 Å². The van der Waals surface area contributed by atoms with Crippen molar-refractivity contribution < 1.29 is 13.9 Å². The van der Waals surface area contributed by atoms with Crippen LogP contribution in [-0.2, 0) is 9.53 Å². The first-order valence-electron chi connectivity index (χ1n) is 7.91. The molecule has 6 heteroatoms. The first kappa shape index (κ1) is 19.9. The van der Waals surface area contributed by atoms with Crippen LogP contribution in [0.3, 0.4) is 0 Å². The SMILES string of the molecule is COC(CN)CC(=O)NC(c1cccc(F)c1)C1CCCC1.Cl. The van der Waals surface area contributed by atoms with Crippen molar-refractivity contribution in [2.75, 3.05) is 13.7 Å². The predicted octanol–water partition coefficient (Wildman–Crippen LogP) is 2.96. The van der Waals surface area contributed by atoms with Gasteiger partial charge in [-0.25, -0.2) is 4.39 Å². The average Bonchev–Trinajstić information content (AvgIpc) is 3.04. The Kier molecular flexibility index (Phi) is 8.52. The number of amides is 1. The highest BCUT2D eigenvalue weighted by Gasteiger charge is 2.28. The Morgan fingerprint density at radius 1 is 1.43 bits per heavy atom. The lowest BCUT2D eigenvalue weighted by molar-refractivity contribution is -0.124. The lowest BCUT2D eigenvalue weighted by Gasteiger charge is -2.26. The Balaban J connectivity index is 0.00000264. The lowest BCUT2D eigenvalue weighted by atomic mass is 9.91. The van der Waals surface area contributed by atoms with E-state index in [1.807, 2.05) is 6.07 Å². The zero-order valence-electron chi connectivity index (χ0n) is 13.5. The normalized spacial score (nSPS) is 17.3. The summed E-state index contributed by atoms with van der Waals surface area (Å²) in [6.07, 6.45) is 4.40. The number of rotatable bonds is 7. The van der Waals surface area contributed by atoms with Crippen LogP contribution in [0.25, 0.3) is 0 Å². The van der Waals surface area contributed by atoms with E-state index >= 15 is 0 Å². The lowest BCUT2D eigenvalue weighted by Crippen LogP contribution is -2.36. The second-order valence-electron chi connectivity index (χ2n) is 5.94. The number of nitrogens with one attached hydrogen (secondary N) is 1. The molecule has 1 fully saturated rings. The van der Waals surface area contributed by atoms with Gasteiger partial charge in [-0.1, -0.05) is 25.0 Å². The Hall–Kier alpha value is -1.17. The van der Waals surface area contributed by atoms with Gasteiger partial charge in [0.05, 0.1) is 18.6 Å². The smallest absolute Gasteiger partial charge is 0.223 e. The summed E-state index contributed by atoms with van der Waals surface area (Å²) in [5.41, 5.74) is 6.40. The third-order valence-electron chi connectivity index (χ3n) is 4.40. The highest BCUT2D eigenvalue weighted by atomic mass is 35.5. The summed E-state index contributed by atoms with van der Waals surface area (Å²) >= 11 is 0. The van der Waals surface area contributed by atoms with Gasteiger partial charge in [-0.2, -0.15) is 0 Å². The number of hydrogen-bond acceptors (Lipinski definition) is 3. The van der Waals surface area contributed by atoms with Gasteiger partial charge in [0, 0.05) is 13.7 Å². The number of methoxy groups -OCH3 is 1. The van der Waals surface area contributed by atoms with E-state index in [2.05, 4.69) is 5.32 Å². The fourth-order valence-corrected chi connectivity index (χ4v) is 3.17. The molecule has 1 amide bonds. The van der Waals surface area contributed by atoms with Crippen molar-refractivity contribution in [2.45, 2.75) is 44.2 Å². The molecule has 1 saturated carbocycles. The predicted molar refractivity (Wildman–Crippen MR) is 91.0 cm³/mol. The van der Waals surface area contributed by atoms with Crippen LogP contribution >= 0.6 is 12.4 Å². The number of carbonyl (C=O) groups excluding carboxylic acids is 1. The number of nitrogens with two attached hydrogens (primary N) is 1. The topological polar surface area (TPSA) is 64.3 Å². The van der Waals surface area contributed by atoms with E-state index in [4.69, 9.17) is 10.5 Å². The molecule has 0 saturated heterocycles. The quantitative estimate of drug-likeness (QED) is 0.799. The maximum Gasteiger partial charge on any atom is 0.223 e. The second-order valence-corrected chi connectivity index (χ2v) is 5.94. The molecule has 2 rings (SSSR count). The molecule has 1 aromatic rings. The number of carbonyl (C=O) groups is 1. The standard InChI is InChI=1S/C17H25FN2O2.ClH/c1-22-15(11-19)10-16(21)20-17(12-5-2-3-6-12)13-7-4-8-14(18)9-13;/h4,7-9,12,15,17H,2-3,5-6,10-11,19H2,1H3,(H,20,21);1H. The Labute approximate surface area is 143 Å². The zero-order valence-corrected chi connectivity index (χ0v) is 14.3. The molecule has 1 aliphatic carbocycles. The molecule has 0 aromatic heterocycles. The van der Waals surface area contributed by atoms with Gasteiger partial charge in [-0.05, 0) is 36.5 Å². The highest BCUT2D eigenvalue weighted by Crippen LogP contribution is 2.36. The van der Waals surface area contributed by atoms with Gasteiger partial charge < -0.3 is 15.8 Å². The molecule has 1 aliphatic rings. The van der Waals surface area contributed by atoms with E-state index in [0.29, 0.717) is 12.5 Å². The van der Waals surface area contributed by atoms with Gasteiger partial charge in [0.2, 0.25) is 5.91 Å². The summed E-state index contributed by atoms with van der Waals surface area (Å²) in [7, 11) is 1.55. The zero-order chi connectivity index (χ0) is 15.9. The van der Waals surface area contributed by atoms with Crippen molar-refractivity contribution in [1.29, 1.82) is 0 Å². The van der Waals surface area contributed by atoms with Crippen LogP contribution in [0.4, 0.5) is 4.39 Å². The van der Waals surface area contributed by atoms with E-state index in [-0.39, 0.29) is 42.7 Å². The maximum atomic E-state index is 13.5. The summed E-state index contributed by atoms with van der Waals surface area (Å²) in [6.45, 7) is 0.304. The molecule has 0 bridgehead atoms. The molecule has 3 N–H and O–H groups in total. The van der Waals surface area contributed by atoms with Gasteiger partial charge in [0.15, 0.2) is 0 Å². The molecule has 23 heavy (non-hydrogen) atoms. The van der Waals surface area contributed by atoms with Crippen LogP contribution in [0.2, 0.25) is 0 Å². The minimum Gasteiger partial charge on any atom is -0.380 e. The number of halogens is 2. The third-order valence-corrected chi connectivity index (χ3v) is 4.40. The van der Waals surface area contributed by atoms with Crippen molar-refractivity contribution in [3.63, 3.8) is 0 Å². The molecular formula is C17H26ClFN2O2. The van der Waals surface area contributed by atoms with Crippen molar-refractivity contribution in [2.24, 2.45) is 11.7 Å². The molecule has 4 nitrogen and oxygen atoms in total. The second kappa shape index (κ2) is 9.85. The van der Waals surface area contributed by atoms with Gasteiger partial charge in [0.1, 0.15) is 5.82 Å². The fourth-order valence-electron chi connectivity index (χ4n) is 3.17. The minimum absolute atomic E-state index is 0. The van der Waals surface area contributed by atoms with Gasteiger partial charge in [-0.15, -0.1) is 12.4 Å². The van der Waals surface area contributed by atoms with Gasteiger partial charge in [-0.3, -0.25) is 4.79 Å². The Bertz CT molecular complexity index is 491. The van der Waals surface area contributed by atoms with E-state index in [1.54, 1.807) is 13.2 Å². The largest absolute Gasteiger partial charge is 0.380 e. The molecule has 130 valence electrons. The summed E-state index contributed by atoms with van der Waals surface area (Å²) in [6, 6.07) is 6.37. The Morgan fingerprint density at radius 3 is 2.70 bits per heavy atom. The third kappa shape index (κ3) is 5.75. The number of hydrogen-bond donors (Lipinski definition) is 2. The molecule has 0 spiro atoms. The molecule has 0 heterocycles. The van der Waals surface area contributed by atoms with Crippen LogP contribution in [0, 0.1) is 11.7 Å². The highest BCUT2D eigenvalue weighted by molar-refractivity contribution is 5.85. The molecule has 0 radical (unpaired) electrons. The molecular weight excluding hydrogens is 319 g/mol. The van der Waals surface area contributed by atoms with E-state index in [0.717, 1.165) is 31.2 Å². The van der Waals surface area contributed by atoms with Crippen molar-refractivity contribution in [1.82, 2.24) is 5.32 Å². The first-order chi connectivity index (χ1) is 10.6. The van der Waals surface area contributed by atoms with Gasteiger partial charge >= 0.3 is 0 Å². The minimum atomic E-state index is -0.281. The number of ether oxygens (including phenoxy) is 1. The summed E-state index contributed by atoms with van der Waals surface area (Å²) in [5, 5.41) is 3.06. The van der Waals surface area contributed by atoms with Crippen molar-refractivity contribution in [3.05, 3.63) is 35.6 Å². The van der Waals surface area contributed by atoms with Crippen LogP contribution in [0.5, 0.6) is 0 Å². The molecule has 2 unspecified atom stereocenters. The monoisotopic (exact) mass is 344 g/mol. The maximum absolute atomic E-state index is 13.5.